The number of pyridine rings is 2. The van der Waals surface area contributed by atoms with Crippen molar-refractivity contribution in [3.05, 3.63) is 59.4 Å². The third-order valence-corrected chi connectivity index (χ3v) is 5.32. The van der Waals surface area contributed by atoms with Crippen molar-refractivity contribution < 1.29 is 9.50 Å². The Bertz CT molecular complexity index is 970. The molecule has 0 aliphatic heterocycles. The van der Waals surface area contributed by atoms with Crippen molar-refractivity contribution in [3.8, 4) is 11.3 Å². The molecule has 1 aliphatic carbocycles. The number of nitrogens with one attached hydrogen (secondary N) is 2. The zero-order chi connectivity index (χ0) is 19.7. The lowest BCUT2D eigenvalue weighted by molar-refractivity contribution is 0.276. The summed E-state index contributed by atoms with van der Waals surface area (Å²) in [5.41, 5.74) is 4.78. The molecule has 6 nitrogen and oxygen atoms in total. The van der Waals surface area contributed by atoms with Crippen LogP contribution in [-0.4, -0.2) is 31.9 Å². The van der Waals surface area contributed by atoms with E-state index in [9.17, 15) is 9.50 Å². The number of aromatic amines is 1. The van der Waals surface area contributed by atoms with Gasteiger partial charge in [0.1, 0.15) is 5.82 Å². The molecule has 4 rings (SSSR count). The lowest BCUT2D eigenvalue weighted by Crippen LogP contribution is -2.21. The number of aliphatic hydroxyl groups excluding tert-OH is 1. The largest absolute Gasteiger partial charge is 0.394 e. The summed E-state index contributed by atoms with van der Waals surface area (Å²) < 4.78 is 14.3. The monoisotopic (exact) mass is 381 g/mol. The Hall–Kier alpha value is -2.80. The van der Waals surface area contributed by atoms with Crippen LogP contribution in [0.2, 0.25) is 0 Å². The molecule has 3 N–H and O–H groups in total. The molecule has 0 radical (unpaired) electrons. The molecule has 0 saturated carbocycles. The summed E-state index contributed by atoms with van der Waals surface area (Å²) in [5.74, 6) is -0.235. The van der Waals surface area contributed by atoms with Gasteiger partial charge in [-0.2, -0.15) is 9.49 Å². The van der Waals surface area contributed by atoms with E-state index in [-0.39, 0.29) is 12.0 Å². The molecule has 3 heterocycles. The number of H-pyrrole nitrogens is 1. The summed E-state index contributed by atoms with van der Waals surface area (Å²) >= 11 is 0. The fourth-order valence-corrected chi connectivity index (χ4v) is 3.79. The third-order valence-electron chi connectivity index (χ3n) is 5.32. The molecule has 0 fully saturated rings. The van der Waals surface area contributed by atoms with Crippen LogP contribution >= 0.6 is 0 Å². The van der Waals surface area contributed by atoms with Crippen LogP contribution in [0.25, 0.3) is 11.3 Å². The van der Waals surface area contributed by atoms with Gasteiger partial charge in [-0.3, -0.25) is 10.1 Å². The molecule has 1 unspecified atom stereocenters. The highest BCUT2D eigenvalue weighted by Gasteiger charge is 2.29. The maximum Gasteiger partial charge on any atom is 0.215 e. The van der Waals surface area contributed by atoms with Crippen LogP contribution in [0.15, 0.2) is 36.7 Å². The fourth-order valence-electron chi connectivity index (χ4n) is 3.79. The molecule has 0 spiro atoms. The second kappa shape index (κ2) is 7.31. The summed E-state index contributed by atoms with van der Waals surface area (Å²) in [6, 6.07) is 6.40. The molecule has 0 aromatic carbocycles. The molecular weight excluding hydrogens is 357 g/mol. The Morgan fingerprint density at radius 3 is 2.96 bits per heavy atom. The van der Waals surface area contributed by atoms with Crippen LogP contribution in [0, 0.1) is 11.4 Å². The van der Waals surface area contributed by atoms with Gasteiger partial charge < -0.3 is 10.4 Å². The number of aliphatic hydroxyl groups is 1. The summed E-state index contributed by atoms with van der Waals surface area (Å²) in [6.45, 7) is 4.34. The Kier molecular flexibility index (Phi) is 4.85. The van der Waals surface area contributed by atoms with E-state index in [2.05, 4.69) is 39.3 Å². The fraction of sp³-hybridized carbons (Fsp3) is 0.381. The van der Waals surface area contributed by atoms with Crippen molar-refractivity contribution in [2.24, 2.45) is 5.41 Å². The predicted octanol–water partition coefficient (Wildman–Crippen LogP) is 3.67. The Balaban J connectivity index is 1.64. The lowest BCUT2D eigenvalue weighted by Gasteiger charge is -2.29. The van der Waals surface area contributed by atoms with E-state index >= 15 is 0 Å². The van der Waals surface area contributed by atoms with Crippen molar-refractivity contribution in [2.45, 2.75) is 39.2 Å². The van der Waals surface area contributed by atoms with Gasteiger partial charge in [-0.05, 0) is 42.4 Å². The zero-order valence-electron chi connectivity index (χ0n) is 16.0. The number of anilines is 1. The maximum absolute atomic E-state index is 14.3. The van der Waals surface area contributed by atoms with Gasteiger partial charge in [0.15, 0.2) is 0 Å². The molecule has 0 bridgehead atoms. The molecule has 146 valence electrons. The van der Waals surface area contributed by atoms with Gasteiger partial charge in [0.05, 0.1) is 18.3 Å². The molecule has 3 aromatic rings. The highest BCUT2D eigenvalue weighted by Crippen LogP contribution is 2.38. The number of nitrogens with zero attached hydrogens (tertiary/aromatic N) is 3. The van der Waals surface area contributed by atoms with Gasteiger partial charge in [-0.1, -0.05) is 19.9 Å². The SMILES string of the molecule is CC1(C)CCc2c(-c3cc(F)nc(NC(CO)c4cccnc4)c3)n[nH]c2C1. The molecule has 1 atom stereocenters. The molecule has 3 aromatic heterocycles. The third kappa shape index (κ3) is 3.75. The number of fused-ring (bicyclic) bond motifs is 1. The van der Waals surface area contributed by atoms with Gasteiger partial charge in [0.2, 0.25) is 5.95 Å². The molecule has 28 heavy (non-hydrogen) atoms. The average molecular weight is 381 g/mol. The first-order valence-electron chi connectivity index (χ1n) is 9.46. The van der Waals surface area contributed by atoms with E-state index in [1.807, 2.05) is 6.07 Å². The second-order valence-corrected chi connectivity index (χ2v) is 8.10. The van der Waals surface area contributed by atoms with E-state index in [0.29, 0.717) is 11.4 Å². The van der Waals surface area contributed by atoms with E-state index < -0.39 is 12.0 Å². The van der Waals surface area contributed by atoms with Crippen LogP contribution in [0.3, 0.4) is 0 Å². The summed E-state index contributed by atoms with van der Waals surface area (Å²) in [5, 5.41) is 20.4. The molecule has 1 aliphatic rings. The number of hydrogen-bond acceptors (Lipinski definition) is 5. The molecule has 0 saturated heterocycles. The standard InChI is InChI=1S/C21H24FN5O/c1-21(2)6-5-15-16(10-21)26-27-20(15)14-8-18(22)25-19(9-14)24-17(12-28)13-4-3-7-23-11-13/h3-4,7-9,11,17,28H,5-6,10,12H2,1-2H3,(H,24,25)(H,26,27). The van der Waals surface area contributed by atoms with E-state index in [4.69, 9.17) is 0 Å². The van der Waals surface area contributed by atoms with Gasteiger partial charge in [0.25, 0.3) is 0 Å². The average Bonchev–Trinajstić information content (AvgIpc) is 3.08. The van der Waals surface area contributed by atoms with Crippen LogP contribution in [0.1, 0.15) is 43.1 Å². The first-order chi connectivity index (χ1) is 13.4. The van der Waals surface area contributed by atoms with E-state index in [0.717, 1.165) is 41.8 Å². The van der Waals surface area contributed by atoms with Crippen molar-refractivity contribution in [2.75, 3.05) is 11.9 Å². The number of halogens is 1. The second-order valence-electron chi connectivity index (χ2n) is 8.10. The van der Waals surface area contributed by atoms with E-state index in [1.165, 1.54) is 6.07 Å². The molecule has 0 amide bonds. The summed E-state index contributed by atoms with van der Waals surface area (Å²) in [7, 11) is 0. The lowest BCUT2D eigenvalue weighted by atomic mass is 9.76. The van der Waals surface area contributed by atoms with Crippen molar-refractivity contribution >= 4 is 5.82 Å². The van der Waals surface area contributed by atoms with E-state index in [1.54, 1.807) is 24.5 Å². The van der Waals surface area contributed by atoms with Crippen molar-refractivity contribution in [1.29, 1.82) is 0 Å². The topological polar surface area (TPSA) is 86.7 Å². The van der Waals surface area contributed by atoms with Gasteiger partial charge in [-0.15, -0.1) is 0 Å². The van der Waals surface area contributed by atoms with Crippen molar-refractivity contribution in [1.82, 2.24) is 20.2 Å². The van der Waals surface area contributed by atoms with Crippen LogP contribution in [0.4, 0.5) is 10.2 Å². The Morgan fingerprint density at radius 1 is 1.36 bits per heavy atom. The van der Waals surface area contributed by atoms with Gasteiger partial charge in [0, 0.05) is 35.3 Å². The first kappa shape index (κ1) is 18.6. The Labute approximate surface area is 163 Å². The van der Waals surface area contributed by atoms with Crippen LogP contribution < -0.4 is 5.32 Å². The minimum absolute atomic E-state index is 0.161. The van der Waals surface area contributed by atoms with Gasteiger partial charge in [-0.25, -0.2) is 4.98 Å². The van der Waals surface area contributed by atoms with Crippen LogP contribution in [0.5, 0.6) is 0 Å². The summed E-state index contributed by atoms with van der Waals surface area (Å²) in [4.78, 5) is 8.02. The summed E-state index contributed by atoms with van der Waals surface area (Å²) in [6.07, 6.45) is 6.24. The predicted molar refractivity (Wildman–Crippen MR) is 105 cm³/mol. The highest BCUT2D eigenvalue weighted by atomic mass is 19.1. The zero-order valence-corrected chi connectivity index (χ0v) is 16.0. The maximum atomic E-state index is 14.3. The smallest absolute Gasteiger partial charge is 0.215 e. The minimum atomic E-state index is -0.587. The highest BCUT2D eigenvalue weighted by molar-refractivity contribution is 5.67. The number of aromatic nitrogens is 4. The Morgan fingerprint density at radius 2 is 2.21 bits per heavy atom. The minimum Gasteiger partial charge on any atom is -0.394 e. The van der Waals surface area contributed by atoms with Crippen LogP contribution in [-0.2, 0) is 12.8 Å². The van der Waals surface area contributed by atoms with Gasteiger partial charge >= 0.3 is 0 Å². The molecule has 7 heteroatoms. The first-order valence-corrected chi connectivity index (χ1v) is 9.46. The number of hydrogen-bond donors (Lipinski definition) is 3. The number of rotatable bonds is 5. The molecular formula is C21H24FN5O. The van der Waals surface area contributed by atoms with Crippen molar-refractivity contribution in [3.63, 3.8) is 0 Å². The normalized spacial score (nSPS) is 16.4. The quantitative estimate of drug-likeness (QED) is 0.587.